The van der Waals surface area contributed by atoms with Gasteiger partial charge >= 0.3 is 0 Å². The third-order valence-electron chi connectivity index (χ3n) is 6.82. The molecule has 1 N–H and O–H groups in total. The van der Waals surface area contributed by atoms with Crippen molar-refractivity contribution in [2.45, 2.75) is 26.2 Å². The van der Waals surface area contributed by atoms with Crippen molar-refractivity contribution < 1.29 is 28.8 Å². The van der Waals surface area contributed by atoms with Crippen LogP contribution in [0.25, 0.3) is 11.1 Å². The van der Waals surface area contributed by atoms with Crippen molar-refractivity contribution in [3.05, 3.63) is 78.4 Å². The molecule has 4 aromatic carbocycles. The molecule has 0 aromatic heterocycles. The zero-order chi connectivity index (χ0) is 29.0. The van der Waals surface area contributed by atoms with Crippen LogP contribution in [0.4, 0.5) is 0 Å². The summed E-state index contributed by atoms with van der Waals surface area (Å²) in [7, 11) is 6.54. The number of aromatic hydroxyl groups is 1. The maximum absolute atomic E-state index is 12.1. The van der Waals surface area contributed by atoms with E-state index in [0.29, 0.717) is 28.7 Å². The second-order valence-corrected chi connectivity index (χ2v) is 12.3. The van der Waals surface area contributed by atoms with E-state index in [0.717, 1.165) is 32.6 Å². The second kappa shape index (κ2) is 12.1. The molecular weight excluding hydrogens is 523 g/mol. The molecule has 0 saturated heterocycles. The third-order valence-corrected chi connectivity index (χ3v) is 9.42. The van der Waals surface area contributed by atoms with Gasteiger partial charge < -0.3 is 28.8 Å². The highest BCUT2D eigenvalue weighted by Gasteiger charge is 2.34. The van der Waals surface area contributed by atoms with Crippen molar-refractivity contribution in [2.24, 2.45) is 0 Å². The Kier molecular flexibility index (Phi) is 8.80. The zero-order valence-electron chi connectivity index (χ0n) is 24.4. The van der Waals surface area contributed by atoms with E-state index >= 15 is 0 Å². The molecular formula is C33H37O6P. The fourth-order valence-electron chi connectivity index (χ4n) is 4.67. The molecule has 4 rings (SSSR count). The Labute approximate surface area is 238 Å². The number of benzene rings is 4. The van der Waals surface area contributed by atoms with E-state index in [1.54, 1.807) is 35.5 Å². The predicted molar refractivity (Wildman–Crippen MR) is 164 cm³/mol. The van der Waals surface area contributed by atoms with Crippen molar-refractivity contribution in [1.82, 2.24) is 0 Å². The Bertz CT molecular complexity index is 1430. The summed E-state index contributed by atoms with van der Waals surface area (Å²) in [6, 6.07) is 23.4. The average Bonchev–Trinajstić information content (AvgIpc) is 2.97. The summed E-state index contributed by atoms with van der Waals surface area (Å²) in [5, 5.41) is 14.4. The highest BCUT2D eigenvalue weighted by atomic mass is 31.1. The van der Waals surface area contributed by atoms with Crippen LogP contribution < -0.4 is 39.6 Å². The van der Waals surface area contributed by atoms with E-state index in [4.69, 9.17) is 23.7 Å². The lowest BCUT2D eigenvalue weighted by Crippen LogP contribution is -2.27. The molecule has 0 heterocycles. The van der Waals surface area contributed by atoms with Crippen molar-refractivity contribution in [2.75, 3.05) is 35.5 Å². The second-order valence-electron chi connectivity index (χ2n) is 10.2. The summed E-state index contributed by atoms with van der Waals surface area (Å²) in [6.45, 7) is 6.50. The topological polar surface area (TPSA) is 66.4 Å². The molecule has 210 valence electrons. The number of hydrogen-bond donors (Lipinski definition) is 1. The van der Waals surface area contributed by atoms with E-state index in [1.165, 1.54) is 0 Å². The summed E-state index contributed by atoms with van der Waals surface area (Å²) in [4.78, 5) is 0. The van der Waals surface area contributed by atoms with Crippen molar-refractivity contribution in [3.8, 4) is 45.6 Å². The quantitative estimate of drug-likeness (QED) is 0.248. The van der Waals surface area contributed by atoms with Gasteiger partial charge in [-0.15, -0.1) is 0 Å². The van der Waals surface area contributed by atoms with Crippen LogP contribution in [-0.2, 0) is 5.41 Å². The average molecular weight is 561 g/mol. The number of methoxy groups -OCH3 is 5. The summed E-state index contributed by atoms with van der Waals surface area (Å²) in [6.07, 6.45) is 0. The molecule has 40 heavy (non-hydrogen) atoms. The van der Waals surface area contributed by atoms with Gasteiger partial charge in [0.1, 0.15) is 34.5 Å². The molecule has 0 aliphatic carbocycles. The van der Waals surface area contributed by atoms with E-state index in [9.17, 15) is 5.11 Å². The first kappa shape index (κ1) is 29.1. The standard InChI is InChI=1S/C33H37O6P/c1-33(2,3)22-17-24(21-13-10-9-11-14-21)30(34)29(18-22)40(31-25(36-5)15-12-16-26(31)37-6)32-27(38-7)19-23(35-4)20-28(32)39-8/h9-20,34H,1-8H3. The smallest absolute Gasteiger partial charge is 0.134 e. The third kappa shape index (κ3) is 5.55. The first-order chi connectivity index (χ1) is 19.2. The van der Waals surface area contributed by atoms with Gasteiger partial charge in [0.25, 0.3) is 0 Å². The van der Waals surface area contributed by atoms with Gasteiger partial charge in [-0.1, -0.05) is 57.2 Å². The van der Waals surface area contributed by atoms with Crippen LogP contribution in [0.3, 0.4) is 0 Å². The lowest BCUT2D eigenvalue weighted by molar-refractivity contribution is 0.380. The Morgan fingerprint density at radius 2 is 1.12 bits per heavy atom. The maximum atomic E-state index is 12.1. The number of ether oxygens (including phenoxy) is 5. The van der Waals surface area contributed by atoms with E-state index < -0.39 is 7.92 Å². The van der Waals surface area contributed by atoms with Crippen molar-refractivity contribution in [1.29, 1.82) is 0 Å². The lowest BCUT2D eigenvalue weighted by Gasteiger charge is -2.30. The van der Waals surface area contributed by atoms with E-state index in [2.05, 4.69) is 32.9 Å². The van der Waals surface area contributed by atoms with Crippen LogP contribution in [0.2, 0.25) is 0 Å². The molecule has 6 nitrogen and oxygen atoms in total. The lowest BCUT2D eigenvalue weighted by atomic mass is 9.85. The maximum Gasteiger partial charge on any atom is 0.134 e. The summed E-state index contributed by atoms with van der Waals surface area (Å²) in [5.41, 5.74) is 2.54. The van der Waals surface area contributed by atoms with Crippen LogP contribution in [-0.4, -0.2) is 40.7 Å². The first-order valence-electron chi connectivity index (χ1n) is 12.9. The van der Waals surface area contributed by atoms with E-state index in [-0.39, 0.29) is 11.2 Å². The minimum absolute atomic E-state index is 0.179. The Morgan fingerprint density at radius 3 is 1.60 bits per heavy atom. The van der Waals surface area contributed by atoms with Gasteiger partial charge in [0.05, 0.1) is 46.2 Å². The van der Waals surface area contributed by atoms with Gasteiger partial charge in [0.2, 0.25) is 0 Å². The summed E-state index contributed by atoms with van der Waals surface area (Å²) in [5.74, 6) is 3.17. The highest BCUT2D eigenvalue weighted by molar-refractivity contribution is 7.80. The van der Waals surface area contributed by atoms with Crippen LogP contribution in [0.5, 0.6) is 34.5 Å². The normalized spacial score (nSPS) is 12.0. The van der Waals surface area contributed by atoms with Gasteiger partial charge in [-0.25, -0.2) is 0 Å². The van der Waals surface area contributed by atoms with Crippen molar-refractivity contribution >= 4 is 23.8 Å². The fourth-order valence-corrected chi connectivity index (χ4v) is 7.50. The van der Waals surface area contributed by atoms with Gasteiger partial charge in [-0.3, -0.25) is 0 Å². The Hall–Kier alpha value is -3.89. The van der Waals surface area contributed by atoms with Crippen LogP contribution in [0.15, 0.2) is 72.8 Å². The molecule has 0 radical (unpaired) electrons. The minimum atomic E-state index is -1.57. The van der Waals surface area contributed by atoms with Gasteiger partial charge in [0, 0.05) is 30.9 Å². The molecule has 0 amide bonds. The minimum Gasteiger partial charge on any atom is -0.507 e. The number of phenolic OH excluding ortho intramolecular Hbond substituents is 1. The number of rotatable bonds is 9. The molecule has 0 fully saturated rings. The van der Waals surface area contributed by atoms with Gasteiger partial charge in [-0.2, -0.15) is 0 Å². The molecule has 1 unspecified atom stereocenters. The molecule has 4 aromatic rings. The largest absolute Gasteiger partial charge is 0.507 e. The predicted octanol–water partition coefficient (Wildman–Crippen LogP) is 6.16. The SMILES string of the molecule is COc1cc(OC)c(P(c2cc(C(C)(C)C)cc(-c3ccccc3)c2O)c2c(OC)cccc2OC)c(OC)c1. The molecule has 0 aliphatic heterocycles. The van der Waals surface area contributed by atoms with Gasteiger partial charge in [0.15, 0.2) is 0 Å². The fraction of sp³-hybridized carbons (Fsp3) is 0.273. The van der Waals surface area contributed by atoms with Crippen LogP contribution >= 0.6 is 7.92 Å². The Morgan fingerprint density at radius 1 is 0.600 bits per heavy atom. The molecule has 0 aliphatic rings. The van der Waals surface area contributed by atoms with Gasteiger partial charge in [-0.05, 0) is 40.8 Å². The summed E-state index contributed by atoms with van der Waals surface area (Å²) >= 11 is 0. The van der Waals surface area contributed by atoms with Crippen LogP contribution in [0.1, 0.15) is 26.3 Å². The molecule has 0 saturated carbocycles. The zero-order valence-corrected chi connectivity index (χ0v) is 25.3. The van der Waals surface area contributed by atoms with E-state index in [1.807, 2.05) is 60.7 Å². The van der Waals surface area contributed by atoms with Crippen LogP contribution in [0, 0.1) is 0 Å². The number of phenols is 1. The summed E-state index contributed by atoms with van der Waals surface area (Å²) < 4.78 is 29.2. The molecule has 7 heteroatoms. The highest BCUT2D eigenvalue weighted by Crippen LogP contribution is 2.50. The first-order valence-corrected chi connectivity index (χ1v) is 14.3. The Balaban J connectivity index is 2.22. The molecule has 0 bridgehead atoms. The molecule has 1 atom stereocenters. The monoisotopic (exact) mass is 560 g/mol. The van der Waals surface area contributed by atoms with Crippen molar-refractivity contribution in [3.63, 3.8) is 0 Å². The molecule has 0 spiro atoms. The number of hydrogen-bond acceptors (Lipinski definition) is 6.